The van der Waals surface area contributed by atoms with E-state index in [-0.39, 0.29) is 18.2 Å². The van der Waals surface area contributed by atoms with Crippen molar-refractivity contribution >= 4 is 11.8 Å². The van der Waals surface area contributed by atoms with Crippen molar-refractivity contribution in [3.63, 3.8) is 0 Å². The number of hydrogen-bond donors (Lipinski definition) is 2. The lowest BCUT2D eigenvalue weighted by Gasteiger charge is -2.17. The van der Waals surface area contributed by atoms with Crippen LogP contribution in [-0.4, -0.2) is 24.0 Å². The molecule has 6 nitrogen and oxygen atoms in total. The number of carbonyl (C=O) groups is 2. The Morgan fingerprint density at radius 2 is 1.91 bits per heavy atom. The molecular weight excluding hydrogens is 282 g/mol. The van der Waals surface area contributed by atoms with Crippen LogP contribution in [0.5, 0.6) is 0 Å². The molecule has 0 aliphatic heterocycles. The fraction of sp³-hybridized carbons (Fsp3) is 0.312. The zero-order valence-electron chi connectivity index (χ0n) is 12.8. The van der Waals surface area contributed by atoms with Crippen molar-refractivity contribution in [1.29, 1.82) is 0 Å². The zero-order valence-corrected chi connectivity index (χ0v) is 12.8. The summed E-state index contributed by atoms with van der Waals surface area (Å²) in [5.74, 6) is 0.0917. The third-order valence-corrected chi connectivity index (χ3v) is 3.47. The van der Waals surface area contributed by atoms with Gasteiger partial charge < -0.3 is 15.2 Å². The van der Waals surface area contributed by atoms with E-state index in [9.17, 15) is 9.59 Å². The van der Waals surface area contributed by atoms with Gasteiger partial charge in [-0.05, 0) is 19.4 Å². The Kier molecular flexibility index (Phi) is 4.93. The van der Waals surface area contributed by atoms with Gasteiger partial charge in [-0.25, -0.2) is 0 Å². The fourth-order valence-electron chi connectivity index (χ4n) is 2.22. The third-order valence-electron chi connectivity index (χ3n) is 3.47. The highest BCUT2D eigenvalue weighted by Gasteiger charge is 2.22. The van der Waals surface area contributed by atoms with E-state index in [0.717, 1.165) is 11.1 Å². The van der Waals surface area contributed by atoms with E-state index in [0.29, 0.717) is 11.5 Å². The highest BCUT2D eigenvalue weighted by Crippen LogP contribution is 2.16. The van der Waals surface area contributed by atoms with Crippen LogP contribution in [0.4, 0.5) is 0 Å². The molecular formula is C16H19N3O3. The van der Waals surface area contributed by atoms with Gasteiger partial charge >= 0.3 is 0 Å². The topological polar surface area (TPSA) is 84.2 Å². The molecule has 2 aromatic rings. The number of aromatic nitrogens is 1. The standard InChI is InChI=1S/C16H19N3O3/c1-10-13(11(2)22-19-10)9-14(20)18-15(16(21)17-3)12-7-5-4-6-8-12/h4-8,15H,9H2,1-3H3,(H,17,21)(H,18,20)/t15-/m0/s1. The lowest BCUT2D eigenvalue weighted by molar-refractivity contribution is -0.128. The van der Waals surface area contributed by atoms with E-state index in [2.05, 4.69) is 15.8 Å². The van der Waals surface area contributed by atoms with Gasteiger partial charge in [-0.2, -0.15) is 0 Å². The van der Waals surface area contributed by atoms with Crippen LogP contribution in [0.15, 0.2) is 34.9 Å². The summed E-state index contributed by atoms with van der Waals surface area (Å²) < 4.78 is 5.05. The summed E-state index contributed by atoms with van der Waals surface area (Å²) in [5, 5.41) is 9.15. The molecule has 2 amide bonds. The molecule has 0 aliphatic carbocycles. The highest BCUT2D eigenvalue weighted by molar-refractivity contribution is 5.89. The van der Waals surface area contributed by atoms with Crippen molar-refractivity contribution in [2.75, 3.05) is 7.05 Å². The summed E-state index contributed by atoms with van der Waals surface area (Å²) in [6.45, 7) is 3.54. The molecule has 0 saturated heterocycles. The summed E-state index contributed by atoms with van der Waals surface area (Å²) in [5.41, 5.74) is 2.17. The van der Waals surface area contributed by atoms with Crippen LogP contribution >= 0.6 is 0 Å². The Morgan fingerprint density at radius 3 is 2.45 bits per heavy atom. The second-order valence-corrected chi connectivity index (χ2v) is 5.00. The van der Waals surface area contributed by atoms with Gasteiger partial charge in [-0.1, -0.05) is 35.5 Å². The van der Waals surface area contributed by atoms with E-state index in [1.807, 2.05) is 18.2 Å². The number of carbonyl (C=O) groups excluding carboxylic acids is 2. The van der Waals surface area contributed by atoms with E-state index in [1.165, 1.54) is 0 Å². The van der Waals surface area contributed by atoms with Crippen LogP contribution in [0.25, 0.3) is 0 Å². The fourth-order valence-corrected chi connectivity index (χ4v) is 2.22. The predicted octanol–water partition coefficient (Wildman–Crippen LogP) is 1.44. The molecule has 1 heterocycles. The number of nitrogens with zero attached hydrogens (tertiary/aromatic N) is 1. The van der Waals surface area contributed by atoms with Crippen molar-refractivity contribution in [2.45, 2.75) is 26.3 Å². The number of likely N-dealkylation sites (N-methyl/N-ethyl adjacent to an activating group) is 1. The van der Waals surface area contributed by atoms with Crippen LogP contribution < -0.4 is 10.6 Å². The molecule has 0 unspecified atom stereocenters. The molecule has 0 spiro atoms. The smallest absolute Gasteiger partial charge is 0.246 e. The summed E-state index contributed by atoms with van der Waals surface area (Å²) >= 11 is 0. The molecule has 2 N–H and O–H groups in total. The Labute approximate surface area is 128 Å². The van der Waals surface area contributed by atoms with E-state index in [1.54, 1.807) is 33.0 Å². The highest BCUT2D eigenvalue weighted by atomic mass is 16.5. The summed E-state index contributed by atoms with van der Waals surface area (Å²) in [4.78, 5) is 24.3. The maximum absolute atomic E-state index is 12.3. The molecule has 1 atom stereocenters. The lowest BCUT2D eigenvalue weighted by atomic mass is 10.0. The Morgan fingerprint density at radius 1 is 1.23 bits per heavy atom. The average Bonchev–Trinajstić information content (AvgIpc) is 2.84. The molecule has 116 valence electrons. The van der Waals surface area contributed by atoms with Crippen molar-refractivity contribution in [3.05, 3.63) is 52.9 Å². The molecule has 6 heteroatoms. The number of amides is 2. The third kappa shape index (κ3) is 3.52. The minimum atomic E-state index is -0.723. The van der Waals surface area contributed by atoms with Gasteiger partial charge in [0, 0.05) is 12.6 Å². The minimum Gasteiger partial charge on any atom is -0.361 e. The summed E-state index contributed by atoms with van der Waals surface area (Å²) in [6, 6.07) is 8.39. The molecule has 2 rings (SSSR count). The first-order valence-corrected chi connectivity index (χ1v) is 7.00. The van der Waals surface area contributed by atoms with Crippen molar-refractivity contribution < 1.29 is 14.1 Å². The number of aryl methyl sites for hydroxylation is 2. The monoisotopic (exact) mass is 301 g/mol. The van der Waals surface area contributed by atoms with Crippen molar-refractivity contribution in [2.24, 2.45) is 0 Å². The molecule has 0 aliphatic rings. The van der Waals surface area contributed by atoms with Crippen LogP contribution in [0, 0.1) is 13.8 Å². The van der Waals surface area contributed by atoms with Gasteiger partial charge in [0.2, 0.25) is 11.8 Å². The largest absolute Gasteiger partial charge is 0.361 e. The lowest BCUT2D eigenvalue weighted by Crippen LogP contribution is -2.39. The predicted molar refractivity (Wildman–Crippen MR) is 81.1 cm³/mol. The Hall–Kier alpha value is -2.63. The van der Waals surface area contributed by atoms with Crippen LogP contribution in [0.3, 0.4) is 0 Å². The second kappa shape index (κ2) is 6.89. The van der Waals surface area contributed by atoms with E-state index < -0.39 is 6.04 Å². The van der Waals surface area contributed by atoms with Gasteiger partial charge in [0.15, 0.2) is 0 Å². The van der Waals surface area contributed by atoms with Crippen molar-refractivity contribution in [3.8, 4) is 0 Å². The summed E-state index contributed by atoms with van der Waals surface area (Å²) in [7, 11) is 1.54. The molecule has 0 radical (unpaired) electrons. The molecule has 0 saturated carbocycles. The summed E-state index contributed by atoms with van der Waals surface area (Å²) in [6.07, 6.45) is 0.126. The molecule has 0 bridgehead atoms. The minimum absolute atomic E-state index is 0.126. The first-order chi connectivity index (χ1) is 10.5. The number of benzene rings is 1. The van der Waals surface area contributed by atoms with Gasteiger partial charge in [-0.15, -0.1) is 0 Å². The Bertz CT molecular complexity index is 645. The maximum atomic E-state index is 12.3. The van der Waals surface area contributed by atoms with Crippen LogP contribution in [0.1, 0.15) is 28.6 Å². The first-order valence-electron chi connectivity index (χ1n) is 7.00. The van der Waals surface area contributed by atoms with Gasteiger partial charge in [0.25, 0.3) is 0 Å². The van der Waals surface area contributed by atoms with E-state index >= 15 is 0 Å². The number of nitrogens with one attached hydrogen (secondary N) is 2. The molecule has 1 aromatic carbocycles. The second-order valence-electron chi connectivity index (χ2n) is 5.00. The average molecular weight is 301 g/mol. The SMILES string of the molecule is CNC(=O)[C@@H](NC(=O)Cc1c(C)noc1C)c1ccccc1. The zero-order chi connectivity index (χ0) is 16.1. The van der Waals surface area contributed by atoms with Gasteiger partial charge in [0.05, 0.1) is 12.1 Å². The van der Waals surface area contributed by atoms with Crippen LogP contribution in [0.2, 0.25) is 0 Å². The number of rotatable bonds is 5. The van der Waals surface area contributed by atoms with Gasteiger partial charge in [-0.3, -0.25) is 9.59 Å². The molecule has 0 fully saturated rings. The van der Waals surface area contributed by atoms with E-state index in [4.69, 9.17) is 4.52 Å². The quantitative estimate of drug-likeness (QED) is 0.875. The van der Waals surface area contributed by atoms with Crippen LogP contribution in [-0.2, 0) is 16.0 Å². The molecule has 1 aromatic heterocycles. The maximum Gasteiger partial charge on any atom is 0.246 e. The number of hydrogen-bond acceptors (Lipinski definition) is 4. The molecule has 22 heavy (non-hydrogen) atoms. The normalized spacial score (nSPS) is 11.8. The first kappa shape index (κ1) is 15.8. The van der Waals surface area contributed by atoms with Gasteiger partial charge in [0.1, 0.15) is 11.8 Å². The Balaban J connectivity index is 2.14. The van der Waals surface area contributed by atoms with Crippen molar-refractivity contribution in [1.82, 2.24) is 15.8 Å².